The Hall–Kier alpha value is -2.14. The maximum Gasteiger partial charge on any atom is 0.226 e. The third kappa shape index (κ3) is 4.68. The molecule has 126 valence electrons. The van der Waals surface area contributed by atoms with Gasteiger partial charge in [0.1, 0.15) is 0 Å². The lowest BCUT2D eigenvalue weighted by molar-refractivity contribution is -0.117. The number of nitrogens with zero attached hydrogens (tertiary/aromatic N) is 1. The number of benzene rings is 2. The van der Waals surface area contributed by atoms with Crippen LogP contribution in [0.5, 0.6) is 0 Å². The summed E-state index contributed by atoms with van der Waals surface area (Å²) >= 11 is 3.36. The summed E-state index contributed by atoms with van der Waals surface area (Å²) < 4.78 is 0.957. The molecule has 0 saturated carbocycles. The van der Waals surface area contributed by atoms with Crippen LogP contribution in [0.2, 0.25) is 0 Å². The van der Waals surface area contributed by atoms with Gasteiger partial charge in [0.25, 0.3) is 0 Å². The molecule has 0 aliphatic heterocycles. The highest BCUT2D eigenvalue weighted by molar-refractivity contribution is 9.10. The van der Waals surface area contributed by atoms with Gasteiger partial charge in [-0.15, -0.1) is 0 Å². The Kier molecular flexibility index (Phi) is 6.15. The number of hydrogen-bond acceptors (Lipinski definition) is 2. The summed E-state index contributed by atoms with van der Waals surface area (Å²) in [5.74, 6) is -0.186. The molecular weight excluding hydrogens is 368 g/mol. The van der Waals surface area contributed by atoms with Crippen molar-refractivity contribution in [3.05, 3.63) is 58.1 Å². The highest BCUT2D eigenvalue weighted by atomic mass is 79.9. The Morgan fingerprint density at radius 3 is 2.38 bits per heavy atom. The van der Waals surface area contributed by atoms with Crippen molar-refractivity contribution in [1.29, 1.82) is 0 Å². The molecule has 0 fully saturated rings. The molecule has 0 spiro atoms. The highest BCUT2D eigenvalue weighted by Gasteiger charge is 2.16. The normalized spacial score (nSPS) is 10.3. The largest absolute Gasteiger partial charge is 0.326 e. The van der Waals surface area contributed by atoms with Gasteiger partial charge in [0.15, 0.2) is 0 Å². The molecule has 0 heterocycles. The fourth-order valence-corrected chi connectivity index (χ4v) is 2.71. The summed E-state index contributed by atoms with van der Waals surface area (Å²) in [6.07, 6.45) is 0.239. The standard InChI is InChI=1S/C19H21BrN2O2/c1-13-5-4-6-18(14(13)2)22(15(3)23)12-11-19(24)21-17-9-7-16(20)8-10-17/h4-10H,11-12H2,1-3H3,(H,21,24). The second kappa shape index (κ2) is 8.11. The van der Waals surface area contributed by atoms with E-state index in [2.05, 4.69) is 21.2 Å². The number of aryl methyl sites for hydroxylation is 1. The minimum Gasteiger partial charge on any atom is -0.326 e. The molecule has 1 N–H and O–H groups in total. The van der Waals surface area contributed by atoms with E-state index in [-0.39, 0.29) is 18.2 Å². The maximum atomic E-state index is 12.1. The predicted octanol–water partition coefficient (Wildman–Crippen LogP) is 4.45. The van der Waals surface area contributed by atoms with Crippen LogP contribution in [-0.2, 0) is 9.59 Å². The molecule has 0 saturated heterocycles. The molecule has 0 aromatic heterocycles. The molecule has 5 heteroatoms. The molecule has 2 amide bonds. The average molecular weight is 389 g/mol. The molecule has 0 aliphatic rings. The van der Waals surface area contributed by atoms with Crippen LogP contribution >= 0.6 is 15.9 Å². The van der Waals surface area contributed by atoms with Gasteiger partial charge >= 0.3 is 0 Å². The predicted molar refractivity (Wildman–Crippen MR) is 101 cm³/mol. The van der Waals surface area contributed by atoms with Crippen molar-refractivity contribution in [2.75, 3.05) is 16.8 Å². The van der Waals surface area contributed by atoms with E-state index in [1.165, 1.54) is 6.92 Å². The highest BCUT2D eigenvalue weighted by Crippen LogP contribution is 2.23. The molecule has 2 aromatic carbocycles. The third-order valence-corrected chi connectivity index (χ3v) is 4.47. The van der Waals surface area contributed by atoms with Crippen molar-refractivity contribution in [3.63, 3.8) is 0 Å². The van der Waals surface area contributed by atoms with Crippen LogP contribution in [0.3, 0.4) is 0 Å². The first kappa shape index (κ1) is 18.2. The van der Waals surface area contributed by atoms with Gasteiger partial charge in [-0.2, -0.15) is 0 Å². The van der Waals surface area contributed by atoms with E-state index < -0.39 is 0 Å². The van der Waals surface area contributed by atoms with Crippen LogP contribution in [0.4, 0.5) is 11.4 Å². The zero-order chi connectivity index (χ0) is 17.7. The summed E-state index contributed by atoms with van der Waals surface area (Å²) in [5.41, 5.74) is 3.78. The molecule has 0 radical (unpaired) electrons. The zero-order valence-electron chi connectivity index (χ0n) is 14.1. The lowest BCUT2D eigenvalue weighted by atomic mass is 10.1. The quantitative estimate of drug-likeness (QED) is 0.822. The molecule has 0 bridgehead atoms. The van der Waals surface area contributed by atoms with Crippen LogP contribution < -0.4 is 10.2 Å². The third-order valence-electron chi connectivity index (χ3n) is 3.94. The van der Waals surface area contributed by atoms with Gasteiger partial charge in [0.05, 0.1) is 0 Å². The summed E-state index contributed by atoms with van der Waals surface area (Å²) in [5, 5.41) is 2.84. The lowest BCUT2D eigenvalue weighted by Gasteiger charge is -2.23. The first-order valence-electron chi connectivity index (χ1n) is 7.78. The number of carbonyl (C=O) groups is 2. The Bertz CT molecular complexity index is 742. The van der Waals surface area contributed by atoms with E-state index in [1.807, 2.05) is 56.3 Å². The van der Waals surface area contributed by atoms with E-state index in [0.29, 0.717) is 6.54 Å². The van der Waals surface area contributed by atoms with Gasteiger partial charge in [-0.3, -0.25) is 9.59 Å². The zero-order valence-corrected chi connectivity index (χ0v) is 15.7. The van der Waals surface area contributed by atoms with E-state index in [0.717, 1.165) is 27.0 Å². The van der Waals surface area contributed by atoms with Gasteiger partial charge in [-0.25, -0.2) is 0 Å². The smallest absolute Gasteiger partial charge is 0.226 e. The first-order valence-corrected chi connectivity index (χ1v) is 8.57. The SMILES string of the molecule is CC(=O)N(CCC(=O)Nc1ccc(Br)cc1)c1cccc(C)c1C. The van der Waals surface area contributed by atoms with Crippen LogP contribution in [0, 0.1) is 13.8 Å². The summed E-state index contributed by atoms with van der Waals surface area (Å²) in [6, 6.07) is 13.2. The molecule has 2 rings (SSSR count). The van der Waals surface area contributed by atoms with E-state index in [1.54, 1.807) is 4.90 Å². The first-order chi connectivity index (χ1) is 11.4. The van der Waals surface area contributed by atoms with Crippen molar-refractivity contribution >= 4 is 39.1 Å². The summed E-state index contributed by atoms with van der Waals surface area (Å²) in [6.45, 7) is 5.87. The fourth-order valence-electron chi connectivity index (χ4n) is 2.45. The Balaban J connectivity index is 2.03. The van der Waals surface area contributed by atoms with E-state index in [4.69, 9.17) is 0 Å². The van der Waals surface area contributed by atoms with Gasteiger partial charge in [0.2, 0.25) is 11.8 Å². The molecule has 0 atom stereocenters. The average Bonchev–Trinajstić information content (AvgIpc) is 2.53. The van der Waals surface area contributed by atoms with Crippen molar-refractivity contribution < 1.29 is 9.59 Å². The van der Waals surface area contributed by atoms with Crippen LogP contribution in [-0.4, -0.2) is 18.4 Å². The number of amides is 2. The second-order valence-corrected chi connectivity index (χ2v) is 6.61. The molecule has 24 heavy (non-hydrogen) atoms. The van der Waals surface area contributed by atoms with E-state index in [9.17, 15) is 9.59 Å². The number of nitrogens with one attached hydrogen (secondary N) is 1. The molecule has 2 aromatic rings. The minimum absolute atomic E-state index is 0.0693. The lowest BCUT2D eigenvalue weighted by Crippen LogP contribution is -2.32. The van der Waals surface area contributed by atoms with Crippen LogP contribution in [0.15, 0.2) is 46.9 Å². The Labute approximate surface area is 151 Å². The topological polar surface area (TPSA) is 49.4 Å². The van der Waals surface area contributed by atoms with E-state index >= 15 is 0 Å². The number of hydrogen-bond donors (Lipinski definition) is 1. The van der Waals surface area contributed by atoms with Crippen molar-refractivity contribution in [2.45, 2.75) is 27.2 Å². The van der Waals surface area contributed by atoms with Gasteiger partial charge in [-0.1, -0.05) is 28.1 Å². The fraction of sp³-hybridized carbons (Fsp3) is 0.263. The Morgan fingerprint density at radius 2 is 1.75 bits per heavy atom. The molecule has 0 aliphatic carbocycles. The summed E-state index contributed by atoms with van der Waals surface area (Å²) in [4.78, 5) is 25.8. The second-order valence-electron chi connectivity index (χ2n) is 5.69. The number of anilines is 2. The van der Waals surface area contributed by atoms with Crippen LogP contribution in [0.25, 0.3) is 0 Å². The molecule has 4 nitrogen and oxygen atoms in total. The van der Waals surface area contributed by atoms with Crippen molar-refractivity contribution in [3.8, 4) is 0 Å². The summed E-state index contributed by atoms with van der Waals surface area (Å²) in [7, 11) is 0. The molecular formula is C19H21BrN2O2. The van der Waals surface area contributed by atoms with Crippen molar-refractivity contribution in [1.82, 2.24) is 0 Å². The Morgan fingerprint density at radius 1 is 1.08 bits per heavy atom. The number of halogens is 1. The molecule has 0 unspecified atom stereocenters. The maximum absolute atomic E-state index is 12.1. The number of carbonyl (C=O) groups excluding carboxylic acids is 2. The van der Waals surface area contributed by atoms with Gasteiger partial charge in [0, 0.05) is 35.7 Å². The van der Waals surface area contributed by atoms with Gasteiger partial charge < -0.3 is 10.2 Å². The van der Waals surface area contributed by atoms with Crippen molar-refractivity contribution in [2.24, 2.45) is 0 Å². The minimum atomic E-state index is -0.117. The van der Waals surface area contributed by atoms with Crippen LogP contribution in [0.1, 0.15) is 24.5 Å². The monoisotopic (exact) mass is 388 g/mol. The van der Waals surface area contributed by atoms with Gasteiger partial charge in [-0.05, 0) is 55.3 Å². The number of rotatable bonds is 5.